The summed E-state index contributed by atoms with van der Waals surface area (Å²) in [5.41, 5.74) is 3.23. The molecule has 1 N–H and O–H groups in total. The second-order valence-corrected chi connectivity index (χ2v) is 6.24. The fourth-order valence-electron chi connectivity index (χ4n) is 2.71. The van der Waals surface area contributed by atoms with E-state index in [-0.39, 0.29) is 5.91 Å². The van der Waals surface area contributed by atoms with Crippen molar-refractivity contribution in [1.82, 2.24) is 9.97 Å². The Labute approximate surface area is 150 Å². The normalized spacial score (nSPS) is 10.6. The first-order valence-electron chi connectivity index (χ1n) is 9.03. The number of anilines is 2. The van der Waals surface area contributed by atoms with Crippen LogP contribution in [0.3, 0.4) is 0 Å². The molecule has 0 radical (unpaired) electrons. The van der Waals surface area contributed by atoms with Crippen molar-refractivity contribution in [2.24, 2.45) is 0 Å². The van der Waals surface area contributed by atoms with Crippen molar-refractivity contribution in [3.8, 4) is 0 Å². The maximum atomic E-state index is 13.0. The van der Waals surface area contributed by atoms with Crippen LogP contribution in [0.5, 0.6) is 0 Å². The minimum absolute atomic E-state index is 0.102. The summed E-state index contributed by atoms with van der Waals surface area (Å²) in [6, 6.07) is 9.70. The van der Waals surface area contributed by atoms with E-state index in [1.54, 1.807) is 11.0 Å². The van der Waals surface area contributed by atoms with E-state index in [9.17, 15) is 4.79 Å². The van der Waals surface area contributed by atoms with Gasteiger partial charge in [-0.3, -0.25) is 4.79 Å². The fraction of sp³-hybridized carbons (Fsp3) is 0.450. The maximum Gasteiger partial charge on any atom is 0.277 e. The summed E-state index contributed by atoms with van der Waals surface area (Å²) in [6.07, 6.45) is 3.41. The van der Waals surface area contributed by atoms with Crippen LogP contribution in [0.15, 0.2) is 30.3 Å². The molecule has 0 aliphatic rings. The molecule has 0 unspecified atom stereocenters. The van der Waals surface area contributed by atoms with Crippen LogP contribution in [-0.2, 0) is 0 Å². The Kier molecular flexibility index (Phi) is 6.92. The number of amides is 1. The molecular formula is C20H28N4O. The molecule has 0 saturated carbocycles. The lowest BCUT2D eigenvalue weighted by Crippen LogP contribution is -2.31. The number of hydrogen-bond donors (Lipinski definition) is 1. The molecular weight excluding hydrogens is 312 g/mol. The molecule has 2 rings (SSSR count). The van der Waals surface area contributed by atoms with Gasteiger partial charge in [0.1, 0.15) is 5.69 Å². The highest BCUT2D eigenvalue weighted by molar-refractivity contribution is 6.05. The molecule has 0 bridgehead atoms. The van der Waals surface area contributed by atoms with E-state index in [1.165, 1.54) is 12.8 Å². The second-order valence-electron chi connectivity index (χ2n) is 6.24. The molecule has 2 aromatic rings. The number of nitrogens with zero attached hydrogens (tertiary/aromatic N) is 3. The molecule has 1 aromatic carbocycles. The Hall–Kier alpha value is -2.43. The van der Waals surface area contributed by atoms with Gasteiger partial charge in [-0.15, -0.1) is 0 Å². The molecule has 0 atom stereocenters. The van der Waals surface area contributed by atoms with E-state index in [1.807, 2.05) is 45.0 Å². The first-order valence-corrected chi connectivity index (χ1v) is 9.03. The molecule has 0 aliphatic carbocycles. The van der Waals surface area contributed by atoms with Crippen LogP contribution in [0, 0.1) is 13.8 Å². The molecule has 0 fully saturated rings. The molecule has 1 aromatic heterocycles. The number of aromatic nitrogens is 2. The zero-order valence-corrected chi connectivity index (χ0v) is 15.7. The zero-order valence-electron chi connectivity index (χ0n) is 15.7. The zero-order chi connectivity index (χ0) is 18.2. The number of nitrogens with one attached hydrogen (secondary N) is 1. The number of aryl methyl sites for hydroxylation is 2. The predicted octanol–water partition coefficient (Wildman–Crippen LogP) is 4.36. The molecule has 134 valence electrons. The van der Waals surface area contributed by atoms with Crippen molar-refractivity contribution in [2.75, 3.05) is 23.3 Å². The smallest absolute Gasteiger partial charge is 0.277 e. The number of carbonyl (C=O) groups is 1. The summed E-state index contributed by atoms with van der Waals surface area (Å²) < 4.78 is 0. The van der Waals surface area contributed by atoms with Gasteiger partial charge in [0, 0.05) is 24.5 Å². The van der Waals surface area contributed by atoms with E-state index in [0.29, 0.717) is 18.2 Å². The number of rotatable bonds is 8. The molecule has 5 heteroatoms. The molecule has 1 heterocycles. The van der Waals surface area contributed by atoms with E-state index < -0.39 is 0 Å². The van der Waals surface area contributed by atoms with Gasteiger partial charge in [-0.25, -0.2) is 9.97 Å². The summed E-state index contributed by atoms with van der Waals surface area (Å²) >= 11 is 0. The number of hydrogen-bond acceptors (Lipinski definition) is 4. The van der Waals surface area contributed by atoms with Crippen molar-refractivity contribution in [3.63, 3.8) is 0 Å². The highest BCUT2D eigenvalue weighted by Crippen LogP contribution is 2.18. The average Bonchev–Trinajstić information content (AvgIpc) is 2.59. The summed E-state index contributed by atoms with van der Waals surface area (Å²) in [7, 11) is 0. The van der Waals surface area contributed by atoms with Gasteiger partial charge in [-0.1, -0.05) is 31.9 Å². The van der Waals surface area contributed by atoms with Crippen LogP contribution < -0.4 is 10.2 Å². The lowest BCUT2D eigenvalue weighted by Gasteiger charge is -2.21. The molecule has 25 heavy (non-hydrogen) atoms. The number of carbonyl (C=O) groups excluding carboxylic acids is 1. The van der Waals surface area contributed by atoms with Crippen LogP contribution in [0.1, 0.15) is 54.9 Å². The van der Waals surface area contributed by atoms with E-state index in [2.05, 4.69) is 22.2 Å². The Bertz CT molecular complexity index is 715. The molecule has 5 nitrogen and oxygen atoms in total. The third kappa shape index (κ3) is 5.28. The monoisotopic (exact) mass is 340 g/mol. The lowest BCUT2D eigenvalue weighted by atomic mass is 10.2. The van der Waals surface area contributed by atoms with Crippen molar-refractivity contribution in [1.29, 1.82) is 0 Å². The van der Waals surface area contributed by atoms with E-state index in [0.717, 1.165) is 29.9 Å². The lowest BCUT2D eigenvalue weighted by molar-refractivity contribution is 0.0983. The minimum Gasteiger partial charge on any atom is -0.354 e. The predicted molar refractivity (Wildman–Crippen MR) is 103 cm³/mol. The van der Waals surface area contributed by atoms with E-state index >= 15 is 0 Å². The summed E-state index contributed by atoms with van der Waals surface area (Å²) in [4.78, 5) is 23.5. The Morgan fingerprint density at radius 3 is 2.60 bits per heavy atom. The van der Waals surface area contributed by atoms with Crippen molar-refractivity contribution in [2.45, 2.75) is 47.0 Å². The van der Waals surface area contributed by atoms with Crippen LogP contribution in [0.4, 0.5) is 11.6 Å². The Morgan fingerprint density at radius 1 is 1.12 bits per heavy atom. The Morgan fingerprint density at radius 2 is 1.92 bits per heavy atom. The standard InChI is InChI=1S/C20H28N4O/c1-5-7-8-12-21-20-22-16(4)14-18(23-20)19(25)24(6-2)17-11-9-10-15(3)13-17/h9-11,13-14H,5-8,12H2,1-4H3,(H,21,22,23). The summed E-state index contributed by atoms with van der Waals surface area (Å²) in [5.74, 6) is 0.426. The number of unbranched alkanes of at least 4 members (excludes halogenated alkanes) is 2. The van der Waals surface area contributed by atoms with Gasteiger partial charge in [0.2, 0.25) is 5.95 Å². The van der Waals surface area contributed by atoms with Gasteiger partial charge in [0.15, 0.2) is 0 Å². The van der Waals surface area contributed by atoms with Crippen molar-refractivity contribution < 1.29 is 4.79 Å². The van der Waals surface area contributed by atoms with E-state index in [4.69, 9.17) is 0 Å². The van der Waals surface area contributed by atoms with Crippen molar-refractivity contribution in [3.05, 3.63) is 47.3 Å². The molecule has 1 amide bonds. The van der Waals surface area contributed by atoms with Crippen LogP contribution >= 0.6 is 0 Å². The van der Waals surface area contributed by atoms with Gasteiger partial charge >= 0.3 is 0 Å². The summed E-state index contributed by atoms with van der Waals surface area (Å²) in [6.45, 7) is 9.46. The van der Waals surface area contributed by atoms with Crippen LogP contribution in [0.2, 0.25) is 0 Å². The fourth-order valence-corrected chi connectivity index (χ4v) is 2.71. The highest BCUT2D eigenvalue weighted by Gasteiger charge is 2.19. The molecule has 0 saturated heterocycles. The molecule has 0 aliphatic heterocycles. The van der Waals surface area contributed by atoms with Gasteiger partial charge < -0.3 is 10.2 Å². The third-order valence-corrected chi connectivity index (χ3v) is 4.01. The largest absolute Gasteiger partial charge is 0.354 e. The average molecular weight is 340 g/mol. The van der Waals surface area contributed by atoms with Gasteiger partial charge in [-0.05, 0) is 51.0 Å². The number of benzene rings is 1. The topological polar surface area (TPSA) is 58.1 Å². The van der Waals surface area contributed by atoms with Crippen molar-refractivity contribution >= 4 is 17.5 Å². The Balaban J connectivity index is 2.20. The maximum absolute atomic E-state index is 13.0. The SMILES string of the molecule is CCCCCNc1nc(C)cc(C(=O)N(CC)c2cccc(C)c2)n1. The minimum atomic E-state index is -0.102. The summed E-state index contributed by atoms with van der Waals surface area (Å²) in [5, 5.41) is 3.23. The second kappa shape index (κ2) is 9.16. The third-order valence-electron chi connectivity index (χ3n) is 4.01. The molecule has 0 spiro atoms. The van der Waals surface area contributed by atoms with Gasteiger partial charge in [-0.2, -0.15) is 0 Å². The van der Waals surface area contributed by atoms with Crippen LogP contribution in [-0.4, -0.2) is 29.0 Å². The first-order chi connectivity index (χ1) is 12.0. The van der Waals surface area contributed by atoms with Gasteiger partial charge in [0.25, 0.3) is 5.91 Å². The first kappa shape index (κ1) is 18.9. The van der Waals surface area contributed by atoms with Crippen LogP contribution in [0.25, 0.3) is 0 Å². The quantitative estimate of drug-likeness (QED) is 0.725. The van der Waals surface area contributed by atoms with Gasteiger partial charge in [0.05, 0.1) is 0 Å². The highest BCUT2D eigenvalue weighted by atomic mass is 16.2.